The summed E-state index contributed by atoms with van der Waals surface area (Å²) in [7, 11) is 0. The molecule has 3 rings (SSSR count). The van der Waals surface area contributed by atoms with Crippen molar-refractivity contribution in [1.82, 2.24) is 15.5 Å². The van der Waals surface area contributed by atoms with E-state index < -0.39 is 16.6 Å². The third kappa shape index (κ3) is 2.50. The van der Waals surface area contributed by atoms with Gasteiger partial charge in [-0.25, -0.2) is 0 Å². The van der Waals surface area contributed by atoms with E-state index in [0.717, 1.165) is 12.3 Å². The van der Waals surface area contributed by atoms with Gasteiger partial charge in [0.15, 0.2) is 10.7 Å². The van der Waals surface area contributed by atoms with Crippen LogP contribution >= 0.6 is 11.6 Å². The second kappa shape index (κ2) is 5.29. The van der Waals surface area contributed by atoms with Crippen molar-refractivity contribution in [2.45, 2.75) is 38.6 Å². The summed E-state index contributed by atoms with van der Waals surface area (Å²) in [5.74, 6) is 1.07. The van der Waals surface area contributed by atoms with E-state index in [9.17, 15) is 14.9 Å². The van der Waals surface area contributed by atoms with Crippen LogP contribution in [0.2, 0.25) is 5.02 Å². The molecule has 7 nitrogen and oxygen atoms in total. The largest absolute Gasteiger partial charge is 0.362 e. The van der Waals surface area contributed by atoms with E-state index in [1.807, 2.05) is 6.92 Å². The quantitative estimate of drug-likeness (QED) is 0.659. The van der Waals surface area contributed by atoms with Gasteiger partial charge in [0.25, 0.3) is 5.91 Å². The molecule has 0 radical (unpaired) electrons. The van der Waals surface area contributed by atoms with E-state index in [1.165, 1.54) is 19.3 Å². The summed E-state index contributed by atoms with van der Waals surface area (Å²) in [6.07, 6.45) is 4.96. The summed E-state index contributed by atoms with van der Waals surface area (Å²) in [4.78, 5) is 22.2. The number of aromatic amines is 1. The fourth-order valence-electron chi connectivity index (χ4n) is 3.88. The number of rotatable bonds is 4. The second-order valence-corrected chi connectivity index (χ2v) is 6.47. The van der Waals surface area contributed by atoms with Gasteiger partial charge in [0.1, 0.15) is 0 Å². The molecule has 0 aromatic carbocycles. The first-order valence-corrected chi connectivity index (χ1v) is 7.54. The molecule has 1 aromatic heterocycles. The second-order valence-electron chi connectivity index (χ2n) is 6.09. The number of hydrogen-bond acceptors (Lipinski definition) is 4. The average Bonchev–Trinajstić information content (AvgIpc) is 3.12. The molecule has 114 valence electrons. The third-order valence-corrected chi connectivity index (χ3v) is 5.24. The number of hydrogen-bond donors (Lipinski definition) is 2. The van der Waals surface area contributed by atoms with Crippen LogP contribution in [0.5, 0.6) is 0 Å². The number of carbonyl (C=O) groups is 1. The molecule has 0 spiro atoms. The topological polar surface area (TPSA) is 101 Å². The Kier molecular flexibility index (Phi) is 3.61. The molecule has 2 fully saturated rings. The molecular weight excluding hydrogens is 296 g/mol. The van der Waals surface area contributed by atoms with Crippen molar-refractivity contribution in [2.75, 3.05) is 0 Å². The van der Waals surface area contributed by atoms with E-state index in [4.69, 9.17) is 11.6 Å². The smallest absolute Gasteiger partial charge is 0.358 e. The van der Waals surface area contributed by atoms with Crippen molar-refractivity contribution < 1.29 is 9.72 Å². The van der Waals surface area contributed by atoms with Crippen molar-refractivity contribution in [1.29, 1.82) is 0 Å². The molecule has 0 saturated heterocycles. The predicted octanol–water partition coefficient (Wildman–Crippen LogP) is 2.53. The molecule has 1 heterocycles. The molecule has 2 aliphatic rings. The number of H-pyrrole nitrogens is 1. The Balaban J connectivity index is 1.67. The molecule has 0 aliphatic heterocycles. The molecule has 1 aromatic rings. The number of halogens is 1. The SMILES string of the molecule is CC(NC(=O)c1n[nH]c([N+](=O)[O-])c1Cl)C1CC2CCC1C2. The fourth-order valence-corrected chi connectivity index (χ4v) is 4.12. The van der Waals surface area contributed by atoms with E-state index in [-0.39, 0.29) is 16.8 Å². The van der Waals surface area contributed by atoms with Crippen molar-refractivity contribution in [2.24, 2.45) is 17.8 Å². The zero-order chi connectivity index (χ0) is 15.1. The van der Waals surface area contributed by atoms with Gasteiger partial charge in [-0.1, -0.05) is 23.1 Å². The maximum Gasteiger partial charge on any atom is 0.362 e. The van der Waals surface area contributed by atoms with Crippen molar-refractivity contribution in [3.63, 3.8) is 0 Å². The Labute approximate surface area is 126 Å². The molecule has 4 unspecified atom stereocenters. The lowest BCUT2D eigenvalue weighted by Gasteiger charge is -2.28. The van der Waals surface area contributed by atoms with Gasteiger partial charge < -0.3 is 15.4 Å². The molecule has 8 heteroatoms. The summed E-state index contributed by atoms with van der Waals surface area (Å²) in [5.41, 5.74) is -0.113. The number of nitro groups is 1. The molecule has 2 N–H and O–H groups in total. The highest BCUT2D eigenvalue weighted by Gasteiger charge is 2.42. The van der Waals surface area contributed by atoms with Crippen molar-refractivity contribution >= 4 is 23.3 Å². The van der Waals surface area contributed by atoms with Crippen LogP contribution in [0.15, 0.2) is 0 Å². The van der Waals surface area contributed by atoms with Gasteiger partial charge >= 0.3 is 5.82 Å². The van der Waals surface area contributed by atoms with Crippen LogP contribution in [0.3, 0.4) is 0 Å². The number of aromatic nitrogens is 2. The van der Waals surface area contributed by atoms with Crippen LogP contribution in [-0.2, 0) is 0 Å². The van der Waals surface area contributed by atoms with Gasteiger partial charge in [-0.3, -0.25) is 4.79 Å². The van der Waals surface area contributed by atoms with Crippen LogP contribution in [-0.4, -0.2) is 27.1 Å². The number of carbonyl (C=O) groups excluding carboxylic acids is 1. The number of nitrogens with zero attached hydrogens (tertiary/aromatic N) is 2. The van der Waals surface area contributed by atoms with E-state index in [2.05, 4.69) is 15.5 Å². The van der Waals surface area contributed by atoms with Crippen LogP contribution < -0.4 is 5.32 Å². The Morgan fingerprint density at radius 2 is 2.29 bits per heavy atom. The molecule has 2 aliphatic carbocycles. The highest BCUT2D eigenvalue weighted by Crippen LogP contribution is 2.49. The zero-order valence-electron chi connectivity index (χ0n) is 11.6. The van der Waals surface area contributed by atoms with E-state index in [1.54, 1.807) is 0 Å². The predicted molar refractivity (Wildman–Crippen MR) is 76.1 cm³/mol. The minimum absolute atomic E-state index is 0.0274. The lowest BCUT2D eigenvalue weighted by Crippen LogP contribution is -2.40. The lowest BCUT2D eigenvalue weighted by atomic mass is 9.84. The summed E-state index contributed by atoms with van der Waals surface area (Å²) in [6, 6.07) is 0.0274. The minimum Gasteiger partial charge on any atom is -0.358 e. The van der Waals surface area contributed by atoms with E-state index >= 15 is 0 Å². The third-order valence-electron chi connectivity index (χ3n) is 4.88. The molecular formula is C13H17ClN4O3. The highest BCUT2D eigenvalue weighted by atomic mass is 35.5. The minimum atomic E-state index is -0.689. The zero-order valence-corrected chi connectivity index (χ0v) is 12.4. The fraction of sp³-hybridized carbons (Fsp3) is 0.692. The van der Waals surface area contributed by atoms with Gasteiger partial charge in [0.2, 0.25) is 0 Å². The molecule has 1 amide bonds. The Hall–Kier alpha value is -1.63. The lowest BCUT2D eigenvalue weighted by molar-refractivity contribution is -0.389. The summed E-state index contributed by atoms with van der Waals surface area (Å²) < 4.78 is 0. The monoisotopic (exact) mass is 312 g/mol. The number of amides is 1. The molecule has 2 bridgehead atoms. The molecule has 2 saturated carbocycles. The first kappa shape index (κ1) is 14.3. The van der Waals surface area contributed by atoms with Crippen LogP contribution in [0, 0.1) is 27.9 Å². The van der Waals surface area contributed by atoms with Crippen LogP contribution in [0.25, 0.3) is 0 Å². The number of nitrogens with one attached hydrogen (secondary N) is 2. The highest BCUT2D eigenvalue weighted by molar-refractivity contribution is 6.35. The van der Waals surface area contributed by atoms with Gasteiger partial charge in [0.05, 0.1) is 0 Å². The van der Waals surface area contributed by atoms with Gasteiger partial charge in [-0.2, -0.15) is 0 Å². The van der Waals surface area contributed by atoms with E-state index in [0.29, 0.717) is 11.8 Å². The molecule has 4 atom stereocenters. The van der Waals surface area contributed by atoms with Gasteiger partial charge in [-0.05, 0) is 48.9 Å². The van der Waals surface area contributed by atoms with Crippen LogP contribution in [0.1, 0.15) is 43.1 Å². The summed E-state index contributed by atoms with van der Waals surface area (Å²) in [5, 5.41) is 19.2. The van der Waals surface area contributed by atoms with Crippen molar-refractivity contribution in [3.8, 4) is 0 Å². The first-order chi connectivity index (χ1) is 9.97. The Morgan fingerprint density at radius 3 is 2.81 bits per heavy atom. The summed E-state index contributed by atoms with van der Waals surface area (Å²) in [6.45, 7) is 1.98. The normalized spacial score (nSPS) is 28.6. The standard InChI is InChI=1S/C13H17ClN4O3/c1-6(9-5-7-2-3-8(9)4-7)15-13(19)11-10(14)12(17-16-11)18(20)21/h6-9H,2-5H2,1H3,(H,15,19)(H,16,17). The summed E-state index contributed by atoms with van der Waals surface area (Å²) >= 11 is 5.82. The molecule has 21 heavy (non-hydrogen) atoms. The Bertz CT molecular complexity index is 588. The van der Waals surface area contributed by atoms with Crippen LogP contribution in [0.4, 0.5) is 5.82 Å². The van der Waals surface area contributed by atoms with Crippen molar-refractivity contribution in [3.05, 3.63) is 20.8 Å². The average molecular weight is 313 g/mol. The maximum absolute atomic E-state index is 12.2. The van der Waals surface area contributed by atoms with Gasteiger partial charge in [-0.15, -0.1) is 5.10 Å². The van der Waals surface area contributed by atoms with Gasteiger partial charge in [0, 0.05) is 6.04 Å². The number of fused-ring (bicyclic) bond motifs is 2. The maximum atomic E-state index is 12.2. The first-order valence-electron chi connectivity index (χ1n) is 7.16. The Morgan fingerprint density at radius 1 is 1.52 bits per heavy atom.